The number of carbonyl (C=O) groups excluding carboxylic acids is 3. The number of hydrogen-bond acceptors (Lipinski definition) is 24. The third kappa shape index (κ3) is 18.9. The second-order valence-corrected chi connectivity index (χ2v) is 31.3. The number of aromatic nitrogens is 12. The van der Waals surface area contributed by atoms with Gasteiger partial charge in [-0.15, -0.1) is 0 Å². The van der Waals surface area contributed by atoms with Crippen molar-refractivity contribution in [2.75, 3.05) is 162 Å². The average Bonchev–Trinajstić information content (AvgIpc) is 1.77. The molecule has 123 heavy (non-hydrogen) atoms. The number of fused-ring (bicyclic) bond motifs is 3. The van der Waals surface area contributed by atoms with Crippen molar-refractivity contribution >= 4 is 102 Å². The number of hydrogen-bond donors (Lipinski definition) is 7. The van der Waals surface area contributed by atoms with E-state index < -0.39 is 34.9 Å². The van der Waals surface area contributed by atoms with Crippen molar-refractivity contribution in [2.45, 2.75) is 85.5 Å². The Balaban J connectivity index is 0.000000137. The molecule has 6 saturated heterocycles. The largest absolute Gasteiger partial charge is 0.435 e. The van der Waals surface area contributed by atoms with Crippen LogP contribution < -0.4 is 50.2 Å². The van der Waals surface area contributed by atoms with Crippen LogP contribution in [0.4, 0.5) is 78.3 Å². The van der Waals surface area contributed by atoms with Crippen LogP contribution in [0.3, 0.4) is 0 Å². The summed E-state index contributed by atoms with van der Waals surface area (Å²) in [5.74, 6) is -5.04. The molecule has 9 aromatic heterocycles. The Morgan fingerprint density at radius 2 is 0.691 bits per heavy atom. The van der Waals surface area contributed by atoms with Crippen LogP contribution >= 0.6 is 0 Å². The molecule has 30 nitrogen and oxygen atoms in total. The number of ether oxygens (including phenoxy) is 3. The van der Waals surface area contributed by atoms with Crippen molar-refractivity contribution in [3.05, 3.63) is 179 Å². The van der Waals surface area contributed by atoms with Gasteiger partial charge in [0.25, 0.3) is 17.7 Å². The van der Waals surface area contributed by atoms with Gasteiger partial charge in [0, 0.05) is 169 Å². The van der Waals surface area contributed by atoms with Gasteiger partial charge in [-0.2, -0.15) is 0 Å². The monoisotopic (exact) mass is 1690 g/mol. The summed E-state index contributed by atoms with van der Waals surface area (Å²) >= 11 is 0. The van der Waals surface area contributed by atoms with E-state index in [0.717, 1.165) is 178 Å². The molecule has 0 saturated carbocycles. The van der Waals surface area contributed by atoms with Crippen LogP contribution in [0.5, 0.6) is 34.9 Å². The fourth-order valence-electron chi connectivity index (χ4n) is 16.1. The van der Waals surface area contributed by atoms with E-state index in [-0.39, 0.29) is 119 Å². The Morgan fingerprint density at radius 1 is 0.382 bits per heavy atom. The summed E-state index contributed by atoms with van der Waals surface area (Å²) < 4.78 is 108. The second-order valence-electron chi connectivity index (χ2n) is 31.3. The molecule has 0 spiro atoms. The van der Waals surface area contributed by atoms with Gasteiger partial charge in [-0.05, 0) is 147 Å². The number of nitrogens with one attached hydrogen (secondary N) is 7. The Hall–Kier alpha value is -13.0. The zero-order valence-corrected chi connectivity index (χ0v) is 69.0. The molecule has 15 heterocycles. The lowest BCUT2D eigenvalue weighted by molar-refractivity contribution is 0.0713. The van der Waals surface area contributed by atoms with E-state index in [1.54, 1.807) is 54.1 Å². The summed E-state index contributed by atoms with van der Waals surface area (Å²) in [6.45, 7) is 23.0. The maximum absolute atomic E-state index is 15.4. The molecule has 6 aliphatic heterocycles. The standard InChI is InChI=1S/C30H34F2N8O2.C29H32F2N8O2.C28H30F2N8O2/c1-3-38-11-13-39(14-12-38)20-7-8-24(33-17-20)37-28-25(30(41)40-9-5-4-6-10-40)29(35-18-34-28)42-23-16-22(31)27-21(26(23)32)15-19(2)36-27;1-18-14-20-25(31)22(15-21(30)26(20)35-18)41-28-24(29(40)39-8-4-3-5-9-39)27(33-17-34-28)36-23-7-6-19(16-32-23)38-12-10-37(2)11-13-38;1-17-13-19-24(30)21(14-20(29)25(19)35-17)40-27-23(28(39)38-9-3-2-4-10-38)26(33-16-34-27)36-22-6-5-18(15-32-22)37-11-7-31-8-12-37/h7-8,15-18,36H,3-6,9-14H2,1-2H3,(H,33,34,35,37);6-7,14-17,35H,3-5,8-13H2,1-2H3,(H,32,33,34,36);5-6,13-16,31,35H,2-4,7-12H2,1H3,(H,32,33,34,36). The van der Waals surface area contributed by atoms with Gasteiger partial charge < -0.3 is 89.6 Å². The van der Waals surface area contributed by atoms with Crippen LogP contribution in [0, 0.1) is 55.7 Å². The van der Waals surface area contributed by atoms with E-state index in [0.29, 0.717) is 73.8 Å². The fourth-order valence-corrected chi connectivity index (χ4v) is 16.1. The molecule has 3 amide bonds. The highest BCUT2D eigenvalue weighted by molar-refractivity contribution is 6.03. The van der Waals surface area contributed by atoms with E-state index in [1.807, 2.05) is 36.4 Å². The van der Waals surface area contributed by atoms with E-state index in [9.17, 15) is 27.6 Å². The molecule has 3 aromatic carbocycles. The average molecular weight is 1690 g/mol. The lowest BCUT2D eigenvalue weighted by atomic mass is 10.1. The molecule has 36 heteroatoms. The Kier molecular flexibility index (Phi) is 25.6. The zero-order valence-electron chi connectivity index (χ0n) is 69.0. The summed E-state index contributed by atoms with van der Waals surface area (Å²) in [6, 6.07) is 18.7. The van der Waals surface area contributed by atoms with Crippen molar-refractivity contribution in [1.82, 2.24) is 89.6 Å². The molecule has 0 atom stereocenters. The van der Waals surface area contributed by atoms with Gasteiger partial charge in [0.1, 0.15) is 53.1 Å². The number of H-pyrrole nitrogens is 3. The number of carbonyl (C=O) groups is 3. The molecule has 0 radical (unpaired) electrons. The molecule has 0 unspecified atom stereocenters. The molecular formula is C87H96F6N24O6. The van der Waals surface area contributed by atoms with Gasteiger partial charge in [-0.1, -0.05) is 6.92 Å². The molecule has 6 aliphatic rings. The first-order chi connectivity index (χ1) is 59.7. The highest BCUT2D eigenvalue weighted by Crippen LogP contribution is 2.41. The third-order valence-electron chi connectivity index (χ3n) is 22.9. The van der Waals surface area contributed by atoms with E-state index in [1.165, 1.54) is 37.2 Å². The Labute approximate surface area is 705 Å². The first kappa shape index (κ1) is 83.7. The highest BCUT2D eigenvalue weighted by atomic mass is 19.1. The zero-order chi connectivity index (χ0) is 85.4. The minimum atomic E-state index is -0.754. The number of likely N-dealkylation sites (tertiary alicyclic amines) is 3. The van der Waals surface area contributed by atoms with Crippen LogP contribution in [0.15, 0.2) is 110 Å². The lowest BCUT2D eigenvalue weighted by Gasteiger charge is -2.35. The van der Waals surface area contributed by atoms with Crippen molar-refractivity contribution in [3.8, 4) is 34.9 Å². The van der Waals surface area contributed by atoms with Crippen LogP contribution in [-0.2, 0) is 0 Å². The molecule has 6 fully saturated rings. The number of nitrogens with zero attached hydrogens (tertiary/aromatic N) is 17. The first-order valence-corrected chi connectivity index (χ1v) is 41.7. The number of benzene rings is 3. The van der Waals surface area contributed by atoms with Gasteiger partial charge >= 0.3 is 0 Å². The lowest BCUT2D eigenvalue weighted by Crippen LogP contribution is -2.46. The summed E-state index contributed by atoms with van der Waals surface area (Å²) in [6.07, 6.45) is 17.3. The topological polar surface area (TPSA) is 316 Å². The van der Waals surface area contributed by atoms with Crippen molar-refractivity contribution in [2.24, 2.45) is 0 Å². The van der Waals surface area contributed by atoms with Crippen LogP contribution in [0.25, 0.3) is 32.7 Å². The molecule has 18 rings (SSSR count). The Morgan fingerprint density at radius 3 is 0.992 bits per heavy atom. The number of likely N-dealkylation sites (N-methyl/N-ethyl adjacent to an activating group) is 2. The normalized spacial score (nSPS) is 16.1. The first-order valence-electron chi connectivity index (χ1n) is 41.7. The fraction of sp³-hybridized carbons (Fsp3) is 0.379. The van der Waals surface area contributed by atoms with Crippen molar-refractivity contribution < 1.29 is 54.9 Å². The number of aromatic amines is 3. The molecular weight excluding hydrogens is 1590 g/mol. The summed E-state index contributed by atoms with van der Waals surface area (Å²) in [5.41, 5.74) is 5.08. The third-order valence-corrected chi connectivity index (χ3v) is 22.9. The molecule has 0 aliphatic carbocycles. The number of piperidine rings is 3. The SMILES string of the molecule is CCN1CCN(c2ccc(Nc3ncnc(Oc4cc(F)c5[nH]c(C)cc5c4F)c3C(=O)N3CCCCC3)nc2)CC1.Cc1cc2c(F)c(Oc3ncnc(Nc4ccc(N5CCN(C)CC5)cn4)c3C(=O)N3CCCCC3)cc(F)c2[nH]1.Cc1cc2c(F)c(Oc3ncnc(Nc4ccc(N5CCNCC5)cn4)c3C(=O)N3CCCCC3)cc(F)c2[nH]1. The maximum atomic E-state index is 15.4. The number of halogens is 6. The van der Waals surface area contributed by atoms with Gasteiger partial charge in [0.15, 0.2) is 69.6 Å². The Bertz CT molecular complexity index is 5780. The van der Waals surface area contributed by atoms with Gasteiger partial charge in [0.2, 0.25) is 17.6 Å². The summed E-state index contributed by atoms with van der Waals surface area (Å²) in [5, 5.41) is 12.9. The van der Waals surface area contributed by atoms with Crippen LogP contribution in [0.1, 0.15) is 113 Å². The van der Waals surface area contributed by atoms with E-state index in [4.69, 9.17) is 14.2 Å². The minimum absolute atomic E-state index is 0.0301. The predicted molar refractivity (Wildman–Crippen MR) is 456 cm³/mol. The van der Waals surface area contributed by atoms with Gasteiger partial charge in [-0.25, -0.2) is 71.2 Å². The van der Waals surface area contributed by atoms with Crippen molar-refractivity contribution in [3.63, 3.8) is 0 Å². The number of amides is 3. The smallest absolute Gasteiger partial charge is 0.263 e. The molecule has 0 bridgehead atoms. The number of pyridine rings is 3. The maximum Gasteiger partial charge on any atom is 0.263 e. The van der Waals surface area contributed by atoms with Gasteiger partial charge in [-0.3, -0.25) is 14.4 Å². The quantitative estimate of drug-likeness (QED) is 0.0370. The predicted octanol–water partition coefficient (Wildman–Crippen LogP) is 14.6. The number of piperazine rings is 3. The molecule has 642 valence electrons. The molecule has 12 aromatic rings. The molecule has 7 N–H and O–H groups in total. The second kappa shape index (κ2) is 37.6. The summed E-state index contributed by atoms with van der Waals surface area (Å²) in [7, 11) is 2.11. The van der Waals surface area contributed by atoms with E-state index in [2.05, 4.69) is 120 Å². The van der Waals surface area contributed by atoms with Crippen LogP contribution in [0.2, 0.25) is 0 Å². The number of rotatable bonds is 19. The summed E-state index contributed by atoms with van der Waals surface area (Å²) in [4.78, 5) is 106. The van der Waals surface area contributed by atoms with Crippen LogP contribution in [-0.4, -0.2) is 233 Å². The van der Waals surface area contributed by atoms with E-state index >= 15 is 13.2 Å². The minimum Gasteiger partial charge on any atom is -0.435 e. The number of aryl methyl sites for hydroxylation is 3. The number of anilines is 9. The van der Waals surface area contributed by atoms with Crippen molar-refractivity contribution in [1.29, 1.82) is 0 Å². The van der Waals surface area contributed by atoms with Gasteiger partial charge in [0.05, 0.1) is 52.2 Å². The highest BCUT2D eigenvalue weighted by Gasteiger charge is 2.34.